The Hall–Kier alpha value is -2.68. The van der Waals surface area contributed by atoms with Crippen molar-refractivity contribution in [3.63, 3.8) is 0 Å². The highest BCUT2D eigenvalue weighted by atomic mass is 32.2. The fourth-order valence-electron chi connectivity index (χ4n) is 4.50. The quantitative estimate of drug-likeness (QED) is 0.630. The number of nitrogens with zero attached hydrogens (tertiary/aromatic N) is 3. The molecule has 0 bridgehead atoms. The molecule has 8 heteroatoms. The smallest absolute Gasteiger partial charge is 0.180 e. The van der Waals surface area contributed by atoms with Gasteiger partial charge < -0.3 is 20.6 Å². The van der Waals surface area contributed by atoms with Crippen LogP contribution in [0, 0.1) is 6.92 Å². The van der Waals surface area contributed by atoms with Crippen LogP contribution < -0.4 is 15.5 Å². The third-order valence-electron chi connectivity index (χ3n) is 6.23. The van der Waals surface area contributed by atoms with Gasteiger partial charge in [0.05, 0.1) is 22.3 Å². The van der Waals surface area contributed by atoms with Gasteiger partial charge in [-0.25, -0.2) is 13.4 Å². The van der Waals surface area contributed by atoms with Crippen LogP contribution in [0.3, 0.4) is 0 Å². The molecule has 1 aromatic heterocycles. The molecule has 2 aromatic carbocycles. The monoisotopic (exact) mass is 438 g/mol. The summed E-state index contributed by atoms with van der Waals surface area (Å²) in [4.78, 5) is 9.42. The summed E-state index contributed by atoms with van der Waals surface area (Å²) in [5, 5.41) is 11.2. The number of aryl methyl sites for hydroxylation is 1. The van der Waals surface area contributed by atoms with Crippen molar-refractivity contribution >= 4 is 32.2 Å². The number of nitrogens with two attached hydrogens (primary N) is 1. The minimum atomic E-state index is -3.34. The highest BCUT2D eigenvalue weighted by Crippen LogP contribution is 2.34. The van der Waals surface area contributed by atoms with Gasteiger partial charge in [-0.1, -0.05) is 29.8 Å². The van der Waals surface area contributed by atoms with Crippen LogP contribution in [0.25, 0.3) is 10.9 Å². The van der Waals surface area contributed by atoms with Crippen LogP contribution in [0.1, 0.15) is 11.1 Å². The molecule has 162 valence electrons. The molecular formula is C23H26N4O3S. The largest absolute Gasteiger partial charge is 0.390 e. The summed E-state index contributed by atoms with van der Waals surface area (Å²) in [5.41, 5.74) is 9.80. The second kappa shape index (κ2) is 7.47. The number of fused-ring (bicyclic) bond motifs is 2. The molecule has 0 unspecified atom stereocenters. The molecule has 3 heterocycles. The Morgan fingerprint density at radius 1 is 1.10 bits per heavy atom. The lowest BCUT2D eigenvalue weighted by Gasteiger charge is -2.26. The van der Waals surface area contributed by atoms with E-state index in [9.17, 15) is 13.5 Å². The number of aliphatic hydroxyl groups is 1. The van der Waals surface area contributed by atoms with Crippen molar-refractivity contribution in [2.75, 3.05) is 35.2 Å². The van der Waals surface area contributed by atoms with E-state index in [1.807, 2.05) is 42.2 Å². The summed E-state index contributed by atoms with van der Waals surface area (Å²) in [6.07, 6.45) is -0.577. The van der Waals surface area contributed by atoms with Crippen molar-refractivity contribution in [2.24, 2.45) is 5.73 Å². The molecular weight excluding hydrogens is 412 g/mol. The van der Waals surface area contributed by atoms with Crippen molar-refractivity contribution in [3.05, 3.63) is 59.7 Å². The van der Waals surface area contributed by atoms with Gasteiger partial charge in [0.15, 0.2) is 9.84 Å². The zero-order valence-electron chi connectivity index (χ0n) is 17.4. The van der Waals surface area contributed by atoms with Gasteiger partial charge in [0.1, 0.15) is 5.82 Å². The highest BCUT2D eigenvalue weighted by molar-refractivity contribution is 7.91. The second-order valence-electron chi connectivity index (χ2n) is 8.50. The summed E-state index contributed by atoms with van der Waals surface area (Å²) < 4.78 is 25.5. The molecule has 0 saturated carbocycles. The summed E-state index contributed by atoms with van der Waals surface area (Å²) >= 11 is 0. The number of hydrogen-bond acceptors (Lipinski definition) is 7. The van der Waals surface area contributed by atoms with Crippen LogP contribution >= 0.6 is 0 Å². The molecule has 0 aliphatic carbocycles. The average molecular weight is 439 g/mol. The van der Waals surface area contributed by atoms with E-state index in [1.165, 1.54) is 0 Å². The van der Waals surface area contributed by atoms with Gasteiger partial charge in [-0.15, -0.1) is 0 Å². The molecule has 7 nitrogen and oxygen atoms in total. The van der Waals surface area contributed by atoms with Crippen LogP contribution in [0.15, 0.2) is 53.4 Å². The van der Waals surface area contributed by atoms with Crippen molar-refractivity contribution in [1.82, 2.24) is 4.98 Å². The van der Waals surface area contributed by atoms with E-state index < -0.39 is 15.9 Å². The lowest BCUT2D eigenvalue weighted by molar-refractivity contribution is 0.180. The molecule has 1 fully saturated rings. The summed E-state index contributed by atoms with van der Waals surface area (Å²) in [7, 11) is -3.34. The summed E-state index contributed by atoms with van der Waals surface area (Å²) in [5.74, 6) is 0.772. The van der Waals surface area contributed by atoms with E-state index in [2.05, 4.69) is 11.0 Å². The average Bonchev–Trinajstić information content (AvgIpc) is 3.01. The van der Waals surface area contributed by atoms with Crippen LogP contribution in [0.4, 0.5) is 11.5 Å². The first kappa shape index (κ1) is 20.2. The first-order valence-electron chi connectivity index (χ1n) is 10.5. The number of rotatable bonds is 2. The first-order chi connectivity index (χ1) is 14.8. The van der Waals surface area contributed by atoms with E-state index in [-0.39, 0.29) is 11.8 Å². The van der Waals surface area contributed by atoms with Gasteiger partial charge >= 0.3 is 0 Å². The molecule has 2 aliphatic heterocycles. The Morgan fingerprint density at radius 2 is 1.90 bits per heavy atom. The molecule has 0 radical (unpaired) electrons. The Balaban J connectivity index is 1.62. The number of β-amino-alcohol motifs (C(OH)–C–C–N with tert-alkyl or cyclic N) is 1. The third-order valence-corrected chi connectivity index (χ3v) is 8.01. The van der Waals surface area contributed by atoms with Gasteiger partial charge in [0.2, 0.25) is 0 Å². The zero-order valence-corrected chi connectivity index (χ0v) is 18.2. The molecule has 0 amide bonds. The van der Waals surface area contributed by atoms with E-state index in [1.54, 1.807) is 12.1 Å². The normalized spacial score (nSPS) is 23.1. The van der Waals surface area contributed by atoms with Crippen LogP contribution in [-0.2, 0) is 16.4 Å². The number of benzene rings is 2. The fraction of sp³-hybridized carbons (Fsp3) is 0.348. The van der Waals surface area contributed by atoms with Gasteiger partial charge in [0, 0.05) is 49.4 Å². The molecule has 2 atom stereocenters. The lowest BCUT2D eigenvalue weighted by Crippen LogP contribution is -2.32. The number of aromatic nitrogens is 1. The van der Waals surface area contributed by atoms with E-state index in [0.717, 1.165) is 33.5 Å². The maximum absolute atomic E-state index is 12.8. The fourth-order valence-corrected chi connectivity index (χ4v) is 6.00. The van der Waals surface area contributed by atoms with Crippen LogP contribution in [0.2, 0.25) is 0 Å². The maximum Gasteiger partial charge on any atom is 0.180 e. The molecule has 0 spiro atoms. The third kappa shape index (κ3) is 3.64. The van der Waals surface area contributed by atoms with Crippen LogP contribution in [-0.4, -0.2) is 56.0 Å². The van der Waals surface area contributed by atoms with Crippen molar-refractivity contribution in [3.8, 4) is 0 Å². The molecule has 2 aliphatic rings. The number of anilines is 2. The zero-order chi connectivity index (χ0) is 21.8. The van der Waals surface area contributed by atoms with Gasteiger partial charge in [-0.2, -0.15) is 0 Å². The molecule has 1 saturated heterocycles. The number of sulfone groups is 1. The van der Waals surface area contributed by atoms with E-state index in [4.69, 9.17) is 10.7 Å². The predicted molar refractivity (Wildman–Crippen MR) is 122 cm³/mol. The van der Waals surface area contributed by atoms with Crippen molar-refractivity contribution in [1.29, 1.82) is 0 Å². The van der Waals surface area contributed by atoms with Gasteiger partial charge in [-0.3, -0.25) is 0 Å². The number of hydrogen-bond donors (Lipinski definition) is 2. The molecule has 5 rings (SSSR count). The predicted octanol–water partition coefficient (Wildman–Crippen LogP) is 1.85. The number of aliphatic hydroxyl groups excluding tert-OH is 1. The van der Waals surface area contributed by atoms with Crippen molar-refractivity contribution < 1.29 is 13.5 Å². The van der Waals surface area contributed by atoms with Crippen molar-refractivity contribution in [2.45, 2.75) is 30.5 Å². The molecule has 3 N–H and O–H groups in total. The second-order valence-corrected chi connectivity index (χ2v) is 10.6. The maximum atomic E-state index is 12.8. The highest BCUT2D eigenvalue weighted by Gasteiger charge is 2.31. The standard InChI is InChI=1S/C23H26N4O3S/c1-15-6-7-19-17(10-15)20(27-13-18(24)21(28)14-27)11-23(25-19)26-8-9-31(29,30)22-5-3-2-4-16(22)12-26/h2-7,10-11,18,21,28H,8-9,12-14,24H2,1H3/t18-,21+/m0/s1. The molecule has 3 aromatic rings. The van der Waals surface area contributed by atoms with Gasteiger partial charge in [0.25, 0.3) is 0 Å². The number of pyridine rings is 1. The SMILES string of the molecule is Cc1ccc2nc(N3CCS(=O)(=O)c4ccccc4C3)cc(N3C[C@@H](O)[C@@H](N)C3)c2c1. The lowest BCUT2D eigenvalue weighted by atomic mass is 10.1. The minimum absolute atomic E-state index is 0.0419. The minimum Gasteiger partial charge on any atom is -0.390 e. The Bertz CT molecular complexity index is 1250. The van der Waals surface area contributed by atoms with E-state index >= 15 is 0 Å². The van der Waals surface area contributed by atoms with Crippen LogP contribution in [0.5, 0.6) is 0 Å². The summed E-state index contributed by atoms with van der Waals surface area (Å²) in [6.45, 7) is 3.90. The van der Waals surface area contributed by atoms with E-state index in [0.29, 0.717) is 31.1 Å². The Labute approximate surface area is 182 Å². The Morgan fingerprint density at radius 3 is 2.68 bits per heavy atom. The summed E-state index contributed by atoms with van der Waals surface area (Å²) in [6, 6.07) is 15.0. The topological polar surface area (TPSA) is 99.8 Å². The molecule has 31 heavy (non-hydrogen) atoms. The van der Waals surface area contributed by atoms with Gasteiger partial charge in [-0.05, 0) is 30.7 Å². The Kier molecular flexibility index (Phi) is 4.88. The first-order valence-corrected chi connectivity index (χ1v) is 12.1.